The average Bonchev–Trinajstić information content (AvgIpc) is 2.35. The van der Waals surface area contributed by atoms with Crippen LogP contribution in [0.2, 0.25) is 0 Å². The fourth-order valence-corrected chi connectivity index (χ4v) is 1.87. The molecule has 0 fully saturated rings. The van der Waals surface area contributed by atoms with Crippen LogP contribution in [0.5, 0.6) is 0 Å². The molecule has 0 aliphatic rings. The quantitative estimate of drug-likeness (QED) is 0.765. The van der Waals surface area contributed by atoms with Gasteiger partial charge in [0.1, 0.15) is 0 Å². The molecule has 2 rings (SSSR count). The first-order chi connectivity index (χ1) is 7.92. The summed E-state index contributed by atoms with van der Waals surface area (Å²) in [4.78, 5) is 4.14. The van der Waals surface area contributed by atoms with Gasteiger partial charge in [0.2, 0.25) is 0 Å². The van der Waals surface area contributed by atoms with Crippen LogP contribution in [0.15, 0.2) is 36.7 Å². The molecule has 0 saturated carbocycles. The third kappa shape index (κ3) is 2.51. The first kappa shape index (κ1) is 10.9. The molecule has 0 radical (unpaired) electrons. The molecule has 1 N–H and O–H groups in total. The number of nitrogens with one attached hydrogen (secondary N) is 1. The highest BCUT2D eigenvalue weighted by atomic mass is 14.9. The van der Waals surface area contributed by atoms with E-state index in [9.17, 15) is 0 Å². The number of fused-ring (bicyclic) bond motifs is 1. The van der Waals surface area contributed by atoms with Crippen LogP contribution in [0.3, 0.4) is 0 Å². The molecule has 0 spiro atoms. The van der Waals surface area contributed by atoms with Crippen LogP contribution in [-0.4, -0.2) is 11.5 Å². The van der Waals surface area contributed by atoms with Crippen molar-refractivity contribution in [3.63, 3.8) is 0 Å². The second kappa shape index (κ2) is 5.50. The van der Waals surface area contributed by atoms with E-state index in [1.165, 1.54) is 35.7 Å². The summed E-state index contributed by atoms with van der Waals surface area (Å²) in [6, 6.07) is 8.37. The third-order valence-electron chi connectivity index (χ3n) is 2.78. The van der Waals surface area contributed by atoms with Crippen molar-refractivity contribution in [2.75, 3.05) is 11.9 Å². The molecule has 0 atom stereocenters. The maximum atomic E-state index is 4.14. The van der Waals surface area contributed by atoms with E-state index in [-0.39, 0.29) is 0 Å². The normalized spacial score (nSPS) is 10.6. The van der Waals surface area contributed by atoms with Crippen LogP contribution < -0.4 is 5.32 Å². The van der Waals surface area contributed by atoms with E-state index in [0.29, 0.717) is 0 Å². The van der Waals surface area contributed by atoms with Gasteiger partial charge < -0.3 is 5.32 Å². The van der Waals surface area contributed by atoms with Gasteiger partial charge in [0, 0.05) is 35.4 Å². The second-order valence-corrected chi connectivity index (χ2v) is 4.04. The van der Waals surface area contributed by atoms with Crippen molar-refractivity contribution < 1.29 is 0 Å². The molecule has 0 amide bonds. The van der Waals surface area contributed by atoms with Gasteiger partial charge in [-0.05, 0) is 18.6 Å². The van der Waals surface area contributed by atoms with E-state index in [2.05, 4.69) is 41.5 Å². The van der Waals surface area contributed by atoms with Crippen LogP contribution in [0.4, 0.5) is 5.69 Å². The maximum absolute atomic E-state index is 4.14. The van der Waals surface area contributed by atoms with Crippen LogP contribution in [0.1, 0.15) is 26.2 Å². The van der Waals surface area contributed by atoms with Crippen molar-refractivity contribution in [3.05, 3.63) is 36.7 Å². The predicted molar refractivity (Wildman–Crippen MR) is 69.8 cm³/mol. The highest BCUT2D eigenvalue weighted by molar-refractivity contribution is 5.93. The monoisotopic (exact) mass is 214 g/mol. The summed E-state index contributed by atoms with van der Waals surface area (Å²) in [5, 5.41) is 5.95. The van der Waals surface area contributed by atoms with E-state index >= 15 is 0 Å². The van der Waals surface area contributed by atoms with Crippen molar-refractivity contribution in [1.82, 2.24) is 4.98 Å². The molecule has 0 aliphatic carbocycles. The Balaban J connectivity index is 2.11. The van der Waals surface area contributed by atoms with E-state index in [1.54, 1.807) is 0 Å². The molecule has 0 aliphatic heterocycles. The highest BCUT2D eigenvalue weighted by Gasteiger charge is 1.98. The molecule has 16 heavy (non-hydrogen) atoms. The molecule has 1 heterocycles. The van der Waals surface area contributed by atoms with Crippen molar-refractivity contribution in [2.45, 2.75) is 26.2 Å². The molecule has 84 valence electrons. The third-order valence-corrected chi connectivity index (χ3v) is 2.78. The molecule has 2 aromatic rings. The summed E-state index contributed by atoms with van der Waals surface area (Å²) in [6.07, 6.45) is 7.55. The number of aromatic nitrogens is 1. The summed E-state index contributed by atoms with van der Waals surface area (Å²) in [5.74, 6) is 0. The fourth-order valence-electron chi connectivity index (χ4n) is 1.87. The Labute approximate surface area is 96.7 Å². The second-order valence-electron chi connectivity index (χ2n) is 4.04. The van der Waals surface area contributed by atoms with Gasteiger partial charge in [0.15, 0.2) is 0 Å². The maximum Gasteiger partial charge on any atom is 0.0420 e. The lowest BCUT2D eigenvalue weighted by molar-refractivity contribution is 0.744. The zero-order valence-electron chi connectivity index (χ0n) is 9.74. The smallest absolute Gasteiger partial charge is 0.0420 e. The highest BCUT2D eigenvalue weighted by Crippen LogP contribution is 2.21. The number of pyridine rings is 1. The van der Waals surface area contributed by atoms with Gasteiger partial charge in [-0.3, -0.25) is 4.98 Å². The lowest BCUT2D eigenvalue weighted by Gasteiger charge is -2.08. The Kier molecular flexibility index (Phi) is 3.76. The number of unbranched alkanes of at least 4 members (excludes halogenated alkanes) is 2. The van der Waals surface area contributed by atoms with E-state index in [1.807, 2.05) is 12.4 Å². The van der Waals surface area contributed by atoms with Crippen LogP contribution in [-0.2, 0) is 0 Å². The minimum atomic E-state index is 1.05. The zero-order chi connectivity index (χ0) is 11.2. The number of hydrogen-bond acceptors (Lipinski definition) is 2. The molecule has 2 nitrogen and oxygen atoms in total. The Bertz CT molecular complexity index is 446. The van der Waals surface area contributed by atoms with Crippen molar-refractivity contribution in [1.29, 1.82) is 0 Å². The van der Waals surface area contributed by atoms with Gasteiger partial charge in [0.25, 0.3) is 0 Å². The first-order valence-electron chi connectivity index (χ1n) is 5.98. The molecule has 0 saturated heterocycles. The lowest BCUT2D eigenvalue weighted by atomic mass is 10.1. The number of anilines is 1. The number of nitrogens with zero attached hydrogens (tertiary/aromatic N) is 1. The number of rotatable bonds is 5. The van der Waals surface area contributed by atoms with Gasteiger partial charge in [-0.1, -0.05) is 31.9 Å². The van der Waals surface area contributed by atoms with E-state index < -0.39 is 0 Å². The molecule has 2 heteroatoms. The SMILES string of the molecule is CCCCCNc1cccc2cnccc12. The topological polar surface area (TPSA) is 24.9 Å². The van der Waals surface area contributed by atoms with Gasteiger partial charge in [0.05, 0.1) is 0 Å². The fraction of sp³-hybridized carbons (Fsp3) is 0.357. The zero-order valence-corrected chi connectivity index (χ0v) is 9.74. The summed E-state index contributed by atoms with van der Waals surface area (Å²) in [6.45, 7) is 3.28. The summed E-state index contributed by atoms with van der Waals surface area (Å²) < 4.78 is 0. The summed E-state index contributed by atoms with van der Waals surface area (Å²) in [5.41, 5.74) is 1.22. The Morgan fingerprint density at radius 2 is 2.12 bits per heavy atom. The average molecular weight is 214 g/mol. The lowest BCUT2D eigenvalue weighted by Crippen LogP contribution is -2.01. The van der Waals surface area contributed by atoms with Crippen molar-refractivity contribution >= 4 is 16.5 Å². The summed E-state index contributed by atoms with van der Waals surface area (Å²) >= 11 is 0. The minimum Gasteiger partial charge on any atom is -0.385 e. The Hall–Kier alpha value is -1.57. The first-order valence-corrected chi connectivity index (χ1v) is 5.98. The van der Waals surface area contributed by atoms with Crippen molar-refractivity contribution in [3.8, 4) is 0 Å². The number of hydrogen-bond donors (Lipinski definition) is 1. The van der Waals surface area contributed by atoms with Gasteiger partial charge in [-0.2, -0.15) is 0 Å². The number of benzene rings is 1. The molecule has 1 aromatic heterocycles. The van der Waals surface area contributed by atoms with Gasteiger partial charge in [-0.25, -0.2) is 0 Å². The molecule has 0 unspecified atom stereocenters. The Morgan fingerprint density at radius 3 is 3.00 bits per heavy atom. The van der Waals surface area contributed by atoms with Gasteiger partial charge >= 0.3 is 0 Å². The summed E-state index contributed by atoms with van der Waals surface area (Å²) in [7, 11) is 0. The predicted octanol–water partition coefficient (Wildman–Crippen LogP) is 3.84. The molecule has 0 bridgehead atoms. The van der Waals surface area contributed by atoms with Gasteiger partial charge in [-0.15, -0.1) is 0 Å². The van der Waals surface area contributed by atoms with E-state index in [0.717, 1.165) is 6.54 Å². The van der Waals surface area contributed by atoms with E-state index in [4.69, 9.17) is 0 Å². The standard InChI is InChI=1S/C14H18N2/c1-2-3-4-9-16-14-7-5-6-12-11-15-10-8-13(12)14/h5-8,10-11,16H,2-4,9H2,1H3. The molecular formula is C14H18N2. The van der Waals surface area contributed by atoms with Crippen LogP contribution in [0, 0.1) is 0 Å². The Morgan fingerprint density at radius 1 is 1.19 bits per heavy atom. The molecule has 1 aromatic carbocycles. The van der Waals surface area contributed by atoms with Crippen molar-refractivity contribution in [2.24, 2.45) is 0 Å². The van der Waals surface area contributed by atoms with Crippen LogP contribution >= 0.6 is 0 Å². The van der Waals surface area contributed by atoms with Crippen LogP contribution in [0.25, 0.3) is 10.8 Å². The minimum absolute atomic E-state index is 1.05. The largest absolute Gasteiger partial charge is 0.385 e. The molecular weight excluding hydrogens is 196 g/mol.